The molecule has 2 bridgehead atoms. The molecule has 7 heteroatoms. The van der Waals surface area contributed by atoms with Crippen LogP contribution in [0.5, 0.6) is 0 Å². The Morgan fingerprint density at radius 3 is 0.644 bits per heavy atom. The molecule has 2 aliphatic rings. The van der Waals surface area contributed by atoms with E-state index in [-0.39, 0.29) is 40.3 Å². The second kappa shape index (κ2) is 14.2. The maximum absolute atomic E-state index is 3.46. The first kappa shape index (κ1) is 51.1. The molecule has 2 aromatic rings. The van der Waals surface area contributed by atoms with Gasteiger partial charge in [0.05, 0.1) is 35.5 Å². The fourth-order valence-electron chi connectivity index (χ4n) is 16.4. The first-order chi connectivity index (χ1) is 25.9. The van der Waals surface area contributed by atoms with Crippen LogP contribution in [0.4, 0.5) is 0 Å². The lowest BCUT2D eigenvalue weighted by Crippen LogP contribution is -3.05. The summed E-state index contributed by atoms with van der Waals surface area (Å²) in [6.07, 6.45) is -2.79. The summed E-state index contributed by atoms with van der Waals surface area (Å²) < 4.78 is 0. The Balaban J connectivity index is 2.93. The van der Waals surface area contributed by atoms with Gasteiger partial charge in [0.2, 0.25) is 0 Å². The van der Waals surface area contributed by atoms with Crippen molar-refractivity contribution in [1.29, 1.82) is 0 Å². The molecule has 0 saturated carbocycles. The van der Waals surface area contributed by atoms with Gasteiger partial charge in [-0.3, -0.25) is 0 Å². The first-order valence-corrected chi connectivity index (χ1v) is 45.6. The Hall–Kier alpha value is -0.562. The predicted octanol–water partition coefficient (Wildman–Crippen LogP) is 17.9. The third-order valence-corrected chi connectivity index (χ3v) is 183. The van der Waals surface area contributed by atoms with E-state index in [1.165, 1.54) is 0 Å². The highest BCUT2D eigenvalue weighted by Gasteiger charge is 2.97. The van der Waals surface area contributed by atoms with E-state index < -0.39 is 50.7 Å². The fourth-order valence-corrected chi connectivity index (χ4v) is 316. The maximum Gasteiger partial charge on any atom is 0.0904 e. The summed E-state index contributed by atoms with van der Waals surface area (Å²) in [5.74, 6) is 0. The zero-order valence-corrected chi connectivity index (χ0v) is 51.4. The quantitative estimate of drug-likeness (QED) is 0.253. The first-order valence-electron chi connectivity index (χ1n) is 23.5. The van der Waals surface area contributed by atoms with Gasteiger partial charge in [0, 0.05) is 15.2 Å². The van der Waals surface area contributed by atoms with E-state index in [2.05, 4.69) is 264 Å². The molecule has 2 aliphatic heterocycles. The van der Waals surface area contributed by atoms with Gasteiger partial charge < -0.3 is 0 Å². The minimum Gasteiger partial charge on any atom is -0.0950 e. The summed E-state index contributed by atoms with van der Waals surface area (Å²) in [5.41, 5.74) is 10.1. The van der Waals surface area contributed by atoms with Crippen LogP contribution in [0.3, 0.4) is 0 Å². The highest BCUT2D eigenvalue weighted by atomic mass is 30.3. The Morgan fingerprint density at radius 2 is 0.475 bits per heavy atom. The highest BCUT2D eigenvalue weighted by Crippen LogP contribution is 2.81. The van der Waals surface area contributed by atoms with Crippen LogP contribution in [-0.4, -0.2) is 50.7 Å². The molecule has 0 amide bonds. The van der Waals surface area contributed by atoms with Gasteiger partial charge in [-0.25, -0.2) is 0 Å². The zero-order valence-electron chi connectivity index (χ0n) is 44.4. The highest BCUT2D eigenvalue weighted by molar-refractivity contribution is 8.25. The van der Waals surface area contributed by atoms with Crippen LogP contribution in [0.15, 0.2) is 72.1 Å². The van der Waals surface area contributed by atoms with Crippen molar-refractivity contribution >= 4 is 61.1 Å². The monoisotopic (exact) mass is 917 g/mol. The number of fused-ring (bicyclic) bond motifs is 2. The summed E-state index contributed by atoms with van der Waals surface area (Å²) >= 11 is 0. The average molecular weight is 918 g/mol. The summed E-state index contributed by atoms with van der Waals surface area (Å²) in [6, 6.07) is 24.7. The van der Waals surface area contributed by atoms with Gasteiger partial charge >= 0.3 is 0 Å². The summed E-state index contributed by atoms with van der Waals surface area (Å²) in [5, 5.41) is 5.40. The largest absolute Gasteiger partial charge is 0.0950 e. The molecule has 0 spiro atoms. The van der Waals surface area contributed by atoms with E-state index in [1.54, 1.807) is 11.1 Å². The van der Waals surface area contributed by atoms with Gasteiger partial charge in [-0.05, 0) is 51.4 Å². The standard InChI is InChI=1S/C52H96Si7/c1-45(2,3)53(25,46(4,5)6)57-39-44(42-37-33-30-34-38-42)58(40-43(57)41-35-31-29-32-36-41,54(26,47(7,8)9)48(10,11)12)59(57,55(27,49(13,14)15)50(16,17)18)56(28,51(19,20)21)52(22,23)24/h29-40H,1-28H3/t57-,58-/m0/s1. The van der Waals surface area contributed by atoms with Crippen LogP contribution in [0.2, 0.25) is 66.5 Å². The van der Waals surface area contributed by atoms with Crippen molar-refractivity contribution in [2.45, 2.75) is 233 Å². The molecule has 4 rings (SSSR count). The van der Waals surface area contributed by atoms with Crippen molar-refractivity contribution in [1.82, 2.24) is 0 Å². The third-order valence-electron chi connectivity index (χ3n) is 20.0. The minimum atomic E-state index is -2.81. The van der Waals surface area contributed by atoms with E-state index in [1.807, 2.05) is 10.4 Å². The van der Waals surface area contributed by atoms with E-state index in [9.17, 15) is 0 Å². The van der Waals surface area contributed by atoms with Crippen molar-refractivity contribution < 1.29 is 0 Å². The molecule has 0 unspecified atom stereocenters. The molecule has 0 N–H and O–H groups in total. The number of hydrogen-bond donors (Lipinski definition) is 0. The molecule has 0 aliphatic carbocycles. The molecule has 332 valence electrons. The predicted molar refractivity (Wildman–Crippen MR) is 290 cm³/mol. The Bertz CT molecular complexity index is 1730. The number of hydrogen-bond acceptors (Lipinski definition) is 0. The lowest BCUT2D eigenvalue weighted by Gasteiger charge is -2.81. The second-order valence-electron chi connectivity index (χ2n) is 28.7. The Morgan fingerprint density at radius 1 is 0.288 bits per heavy atom. The van der Waals surface area contributed by atoms with Gasteiger partial charge in [0.1, 0.15) is 0 Å². The molecule has 0 aromatic heterocycles. The smallest absolute Gasteiger partial charge is 0.0904 e. The topological polar surface area (TPSA) is 0 Å². The van der Waals surface area contributed by atoms with Crippen LogP contribution in [-0.2, 0) is 0 Å². The van der Waals surface area contributed by atoms with Crippen molar-refractivity contribution in [2.24, 2.45) is 0 Å². The van der Waals surface area contributed by atoms with Crippen molar-refractivity contribution in [3.63, 3.8) is 0 Å². The normalized spacial score (nSPS) is 23.1. The molecule has 59 heavy (non-hydrogen) atoms. The van der Waals surface area contributed by atoms with Crippen molar-refractivity contribution in [3.8, 4) is 0 Å². The molecular formula is C52H96Si7. The van der Waals surface area contributed by atoms with Crippen LogP contribution in [0.1, 0.15) is 177 Å². The zero-order chi connectivity index (χ0) is 46.3. The van der Waals surface area contributed by atoms with E-state index in [0.717, 1.165) is 0 Å². The second-order valence-corrected chi connectivity index (χ2v) is 98.6. The number of rotatable bonds is 6. The molecule has 2 aromatic carbocycles. The molecule has 2 heterocycles. The molecule has 0 saturated heterocycles. The number of benzene rings is 2. The van der Waals surface area contributed by atoms with Crippen LogP contribution in [0.25, 0.3) is 10.4 Å². The van der Waals surface area contributed by atoms with E-state index in [0.29, 0.717) is 0 Å². The summed E-state index contributed by atoms with van der Waals surface area (Å²) in [7, 11) is -15.6. The molecule has 0 radical (unpaired) electrons. The van der Waals surface area contributed by atoms with Gasteiger partial charge in [0.25, 0.3) is 0 Å². The van der Waals surface area contributed by atoms with Crippen molar-refractivity contribution in [2.75, 3.05) is 0 Å². The van der Waals surface area contributed by atoms with Gasteiger partial charge in [-0.2, -0.15) is 0 Å². The molecule has 0 fully saturated rings. The van der Waals surface area contributed by atoms with Crippen LogP contribution >= 0.6 is 0 Å². The van der Waals surface area contributed by atoms with Gasteiger partial charge in [-0.15, -0.1) is 0 Å². The van der Waals surface area contributed by atoms with Crippen LogP contribution in [0, 0.1) is 0 Å². The SMILES string of the molecule is CC(C)(C)[Si](C)(C(C)(C)C)[Si]1([Si](C)(C(C)(C)C)C(C)(C)C)[Si@@]2([Si](C)(C(C)(C)C)C(C)(C)C)C=C(c3ccccc3)[Si@]1([Si](C)(C(C)(C)C)C(C)(C)C)C=C2c1ccccc1. The molecule has 2 atom stereocenters. The maximum atomic E-state index is 3.46. The van der Waals surface area contributed by atoms with Gasteiger partial charge in [-0.1, -0.05) is 275 Å². The molecular weight excluding hydrogens is 821 g/mol. The Labute approximate surface area is 374 Å². The van der Waals surface area contributed by atoms with Crippen molar-refractivity contribution in [3.05, 3.63) is 83.2 Å². The van der Waals surface area contributed by atoms with E-state index >= 15 is 0 Å². The lowest BCUT2D eigenvalue weighted by molar-refractivity contribution is 0.623. The molecule has 0 nitrogen and oxygen atoms in total. The fraction of sp³-hybridized carbons (Fsp3) is 0.692. The average Bonchev–Trinajstić information content (AvgIpc) is 3.47. The minimum absolute atomic E-state index is 0.175. The Kier molecular flexibility index (Phi) is 12.3. The summed E-state index contributed by atoms with van der Waals surface area (Å²) in [4.78, 5) is 0. The van der Waals surface area contributed by atoms with Gasteiger partial charge in [0.15, 0.2) is 0 Å². The summed E-state index contributed by atoms with van der Waals surface area (Å²) in [6.45, 7) is 79.7. The van der Waals surface area contributed by atoms with Crippen LogP contribution < -0.4 is 0 Å². The third kappa shape index (κ3) is 6.01. The lowest BCUT2D eigenvalue weighted by atomic mass is 10.2. The van der Waals surface area contributed by atoms with E-state index in [4.69, 9.17) is 0 Å².